The summed E-state index contributed by atoms with van der Waals surface area (Å²) >= 11 is 0. The summed E-state index contributed by atoms with van der Waals surface area (Å²) < 4.78 is 5.57. The summed E-state index contributed by atoms with van der Waals surface area (Å²) in [6, 6.07) is 28.1. The maximum Gasteiger partial charge on any atom is 0.238 e. The fraction of sp³-hybridized carbons (Fsp3) is 0.294. The number of ether oxygens (including phenoxy) is 1. The van der Waals surface area contributed by atoms with E-state index in [0.717, 1.165) is 22.4 Å². The number of anilines is 1. The highest BCUT2D eigenvalue weighted by molar-refractivity contribution is 6.23. The molecule has 1 saturated heterocycles. The molecule has 3 aliphatic rings. The Labute approximate surface area is 224 Å². The molecule has 4 heteroatoms. The molecule has 1 saturated carbocycles. The van der Waals surface area contributed by atoms with Crippen molar-refractivity contribution in [2.75, 3.05) is 11.5 Å². The molecule has 2 aliphatic carbocycles. The first-order valence-corrected chi connectivity index (χ1v) is 13.5. The topological polar surface area (TPSA) is 46.6 Å². The molecule has 0 spiro atoms. The first-order chi connectivity index (χ1) is 18.3. The van der Waals surface area contributed by atoms with Crippen LogP contribution in [0.1, 0.15) is 38.8 Å². The van der Waals surface area contributed by atoms with Gasteiger partial charge in [0.2, 0.25) is 11.8 Å². The predicted octanol–water partition coefficient (Wildman–Crippen LogP) is 6.93. The van der Waals surface area contributed by atoms with E-state index in [1.165, 1.54) is 16.0 Å². The van der Waals surface area contributed by atoms with E-state index in [-0.39, 0.29) is 35.0 Å². The Bertz CT molecular complexity index is 1400. The average Bonchev–Trinajstić information content (AvgIpc) is 3.53. The van der Waals surface area contributed by atoms with Crippen LogP contribution in [0.4, 0.5) is 5.69 Å². The zero-order valence-electron chi connectivity index (χ0n) is 22.3. The number of carbonyl (C=O) groups is 2. The lowest BCUT2D eigenvalue weighted by molar-refractivity contribution is -0.122. The second kappa shape index (κ2) is 9.13. The van der Waals surface area contributed by atoms with Crippen molar-refractivity contribution in [3.8, 4) is 5.75 Å². The van der Waals surface area contributed by atoms with E-state index in [4.69, 9.17) is 4.74 Å². The van der Waals surface area contributed by atoms with Gasteiger partial charge in [-0.15, -0.1) is 0 Å². The van der Waals surface area contributed by atoms with E-state index in [1.54, 1.807) is 0 Å². The van der Waals surface area contributed by atoms with E-state index >= 15 is 0 Å². The first-order valence-electron chi connectivity index (χ1n) is 13.5. The van der Waals surface area contributed by atoms with Crippen LogP contribution in [0.25, 0.3) is 5.57 Å². The van der Waals surface area contributed by atoms with Crippen LogP contribution >= 0.6 is 0 Å². The minimum Gasteiger partial charge on any atom is -0.494 e. The van der Waals surface area contributed by atoms with Gasteiger partial charge in [0.15, 0.2) is 0 Å². The molecule has 0 N–H and O–H groups in total. The predicted molar refractivity (Wildman–Crippen MR) is 151 cm³/mol. The van der Waals surface area contributed by atoms with Gasteiger partial charge in [-0.1, -0.05) is 93.1 Å². The summed E-state index contributed by atoms with van der Waals surface area (Å²) in [5.41, 5.74) is 6.37. The number of fused-ring (bicyclic) bond motifs is 5. The highest BCUT2D eigenvalue weighted by atomic mass is 16.5. The van der Waals surface area contributed by atoms with E-state index in [0.29, 0.717) is 12.3 Å². The van der Waals surface area contributed by atoms with Gasteiger partial charge in [-0.05, 0) is 58.9 Å². The third kappa shape index (κ3) is 3.74. The molecule has 2 amide bonds. The molecule has 3 aromatic carbocycles. The van der Waals surface area contributed by atoms with Crippen LogP contribution in [0.5, 0.6) is 5.75 Å². The molecule has 6 rings (SSSR count). The number of nitrogens with zero attached hydrogens (tertiary/aromatic N) is 1. The van der Waals surface area contributed by atoms with Crippen molar-refractivity contribution in [2.24, 2.45) is 29.1 Å². The first kappa shape index (κ1) is 24.4. The highest BCUT2D eigenvalue weighted by Gasteiger charge is 2.65. The number of benzene rings is 3. The molecule has 4 nitrogen and oxygen atoms in total. The number of rotatable bonds is 5. The van der Waals surface area contributed by atoms with Gasteiger partial charge in [0, 0.05) is 11.8 Å². The van der Waals surface area contributed by atoms with Crippen molar-refractivity contribution in [1.29, 1.82) is 0 Å². The molecule has 0 aromatic heterocycles. The Balaban J connectivity index is 1.51. The van der Waals surface area contributed by atoms with Crippen LogP contribution in [-0.4, -0.2) is 18.4 Å². The van der Waals surface area contributed by atoms with Crippen LogP contribution in [0.2, 0.25) is 0 Å². The van der Waals surface area contributed by atoms with Crippen LogP contribution in [0.3, 0.4) is 0 Å². The molecule has 3 aromatic rings. The van der Waals surface area contributed by atoms with Gasteiger partial charge in [0.25, 0.3) is 0 Å². The van der Waals surface area contributed by atoms with E-state index in [1.807, 2.05) is 43.3 Å². The Morgan fingerprint density at radius 1 is 0.789 bits per heavy atom. The van der Waals surface area contributed by atoms with Gasteiger partial charge >= 0.3 is 0 Å². The minimum atomic E-state index is -0.393. The van der Waals surface area contributed by atoms with Gasteiger partial charge in [0.05, 0.1) is 24.1 Å². The monoisotopic (exact) mass is 503 g/mol. The number of imide groups is 1. The van der Waals surface area contributed by atoms with Crippen LogP contribution in [0, 0.1) is 29.1 Å². The zero-order chi connectivity index (χ0) is 26.6. The largest absolute Gasteiger partial charge is 0.494 e. The molecule has 1 aliphatic heterocycles. The molecular weight excluding hydrogens is 470 g/mol. The van der Waals surface area contributed by atoms with Gasteiger partial charge in [-0.2, -0.15) is 0 Å². The van der Waals surface area contributed by atoms with Crippen molar-refractivity contribution in [3.63, 3.8) is 0 Å². The summed E-state index contributed by atoms with van der Waals surface area (Å²) in [7, 11) is 0. The second-order valence-corrected chi connectivity index (χ2v) is 11.4. The molecule has 38 heavy (non-hydrogen) atoms. The molecular formula is C34H33NO3. The van der Waals surface area contributed by atoms with Crippen molar-refractivity contribution in [2.45, 2.75) is 27.7 Å². The molecule has 0 radical (unpaired) electrons. The van der Waals surface area contributed by atoms with Crippen LogP contribution < -0.4 is 9.64 Å². The van der Waals surface area contributed by atoms with Gasteiger partial charge in [-0.3, -0.25) is 9.59 Å². The normalized spacial score (nSPS) is 24.1. The highest BCUT2D eigenvalue weighted by Crippen LogP contribution is 2.64. The third-order valence-electron chi connectivity index (χ3n) is 8.22. The zero-order valence-corrected chi connectivity index (χ0v) is 22.3. The Kier molecular flexibility index (Phi) is 5.86. The van der Waals surface area contributed by atoms with Gasteiger partial charge < -0.3 is 4.74 Å². The molecule has 0 unspecified atom stereocenters. The lowest BCUT2D eigenvalue weighted by Gasteiger charge is -2.31. The SMILES string of the molecule is CCOc1ccc(N2C(=O)[C@@H]3[C@@H](C2=O)[C@H]2C(C(C)(C)C)=C[C@H]3C2=C(c2ccccc2)c2ccccc2)cc1. The number of hydrogen-bond acceptors (Lipinski definition) is 3. The fourth-order valence-electron chi connectivity index (χ4n) is 6.75. The standard InChI is InChI=1S/C34H33NO3/c1-5-38-24-18-16-23(17-19-24)35-32(36)29-25-20-26(34(2,3)4)30(31(29)33(35)37)28(25)27(21-12-8-6-9-13-21)22-14-10-7-11-15-22/h6-20,25,29-31H,5H2,1-4H3/t25-,29-,30-,31+/m0/s1. The fourth-order valence-corrected chi connectivity index (χ4v) is 6.75. The molecule has 2 bridgehead atoms. The van der Waals surface area contributed by atoms with Gasteiger partial charge in [0.1, 0.15) is 5.75 Å². The summed E-state index contributed by atoms with van der Waals surface area (Å²) in [5.74, 6) is -0.460. The number of carbonyl (C=O) groups excluding carboxylic acids is 2. The number of hydrogen-bond donors (Lipinski definition) is 0. The minimum absolute atomic E-state index is 0.0931. The molecule has 2 fully saturated rings. The lowest BCUT2D eigenvalue weighted by Crippen LogP contribution is -2.34. The molecule has 192 valence electrons. The van der Waals surface area contributed by atoms with Crippen molar-refractivity contribution < 1.29 is 14.3 Å². The Morgan fingerprint density at radius 3 is 1.87 bits per heavy atom. The van der Waals surface area contributed by atoms with Crippen LogP contribution in [-0.2, 0) is 9.59 Å². The maximum absolute atomic E-state index is 14.1. The lowest BCUT2D eigenvalue weighted by atomic mass is 9.71. The maximum atomic E-state index is 14.1. The molecule has 4 atom stereocenters. The smallest absolute Gasteiger partial charge is 0.238 e. The summed E-state index contributed by atoms with van der Waals surface area (Å²) in [6.07, 6.45) is 2.31. The number of allylic oxidation sites excluding steroid dienone is 3. The van der Waals surface area contributed by atoms with E-state index in [9.17, 15) is 9.59 Å². The summed E-state index contributed by atoms with van der Waals surface area (Å²) in [5, 5.41) is 0. The second-order valence-electron chi connectivity index (χ2n) is 11.4. The Hall–Kier alpha value is -3.92. The van der Waals surface area contributed by atoms with E-state index in [2.05, 4.69) is 75.4 Å². The Morgan fingerprint density at radius 2 is 1.34 bits per heavy atom. The van der Waals surface area contributed by atoms with Crippen molar-refractivity contribution in [1.82, 2.24) is 0 Å². The van der Waals surface area contributed by atoms with Gasteiger partial charge in [-0.25, -0.2) is 4.90 Å². The molecule has 1 heterocycles. The van der Waals surface area contributed by atoms with E-state index < -0.39 is 5.92 Å². The average molecular weight is 504 g/mol. The summed E-state index contributed by atoms with van der Waals surface area (Å²) in [6.45, 7) is 9.13. The number of amides is 2. The third-order valence-corrected chi connectivity index (χ3v) is 8.22. The van der Waals surface area contributed by atoms with Crippen molar-refractivity contribution >= 4 is 23.1 Å². The van der Waals surface area contributed by atoms with Crippen molar-refractivity contribution in [3.05, 3.63) is 113 Å². The van der Waals surface area contributed by atoms with Crippen LogP contribution in [0.15, 0.2) is 102 Å². The quantitative estimate of drug-likeness (QED) is 0.280. The summed E-state index contributed by atoms with van der Waals surface area (Å²) in [4.78, 5) is 29.6.